The van der Waals surface area contributed by atoms with Gasteiger partial charge in [-0.3, -0.25) is 4.79 Å². The molecular formula is C27H24N2O4S. The molecule has 0 saturated heterocycles. The normalized spacial score (nSPS) is 11.9. The molecule has 2 aromatic heterocycles. The van der Waals surface area contributed by atoms with Crippen LogP contribution in [-0.2, 0) is 0 Å². The second kappa shape index (κ2) is 9.57. The van der Waals surface area contributed by atoms with E-state index in [1.165, 1.54) is 11.3 Å². The Morgan fingerprint density at radius 2 is 1.79 bits per heavy atom. The van der Waals surface area contributed by atoms with Crippen LogP contribution in [0.25, 0.3) is 22.1 Å². The Labute approximate surface area is 200 Å². The van der Waals surface area contributed by atoms with Crippen LogP contribution in [0.15, 0.2) is 71.5 Å². The third-order valence-corrected chi connectivity index (χ3v) is 6.28. The minimum Gasteiger partial charge on any atom is -0.490 e. The molecule has 0 bridgehead atoms. The summed E-state index contributed by atoms with van der Waals surface area (Å²) in [7, 11) is 0. The molecule has 0 aliphatic rings. The van der Waals surface area contributed by atoms with E-state index in [1.807, 2.05) is 86.7 Å². The molecule has 0 aliphatic heterocycles. The van der Waals surface area contributed by atoms with E-state index in [9.17, 15) is 4.79 Å². The highest BCUT2D eigenvalue weighted by Crippen LogP contribution is 2.29. The third-order valence-electron chi connectivity index (χ3n) is 5.31. The van der Waals surface area contributed by atoms with Gasteiger partial charge in [0.05, 0.1) is 22.2 Å². The van der Waals surface area contributed by atoms with Crippen LogP contribution in [0.5, 0.6) is 17.2 Å². The van der Waals surface area contributed by atoms with E-state index in [4.69, 9.17) is 14.2 Å². The van der Waals surface area contributed by atoms with Crippen LogP contribution < -0.4 is 24.3 Å². The summed E-state index contributed by atoms with van der Waals surface area (Å²) in [5, 5.41) is 0. The van der Waals surface area contributed by atoms with E-state index < -0.39 is 0 Å². The van der Waals surface area contributed by atoms with Gasteiger partial charge in [-0.2, -0.15) is 0 Å². The molecule has 2 heterocycles. The zero-order valence-corrected chi connectivity index (χ0v) is 19.8. The number of aryl methyl sites for hydroxylation is 1. The lowest BCUT2D eigenvalue weighted by molar-refractivity contribution is 0.208. The Hall–Kier alpha value is -3.84. The number of hydrogen-bond acceptors (Lipinski definition) is 6. The maximum absolute atomic E-state index is 13.0. The summed E-state index contributed by atoms with van der Waals surface area (Å²) in [5.41, 5.74) is 3.59. The molecule has 0 unspecified atom stereocenters. The van der Waals surface area contributed by atoms with Gasteiger partial charge in [0.25, 0.3) is 5.56 Å². The van der Waals surface area contributed by atoms with Crippen molar-refractivity contribution in [2.24, 2.45) is 0 Å². The summed E-state index contributed by atoms with van der Waals surface area (Å²) in [6, 6.07) is 21.2. The van der Waals surface area contributed by atoms with E-state index in [1.54, 1.807) is 4.40 Å². The number of rotatable bonds is 8. The lowest BCUT2D eigenvalue weighted by Gasteiger charge is -2.13. The van der Waals surface area contributed by atoms with Gasteiger partial charge >= 0.3 is 0 Å². The topological polar surface area (TPSA) is 62.1 Å². The molecule has 0 saturated carbocycles. The van der Waals surface area contributed by atoms with Crippen LogP contribution in [0.2, 0.25) is 0 Å². The van der Waals surface area contributed by atoms with Crippen LogP contribution in [0.1, 0.15) is 18.1 Å². The zero-order valence-electron chi connectivity index (χ0n) is 19.0. The molecule has 0 fully saturated rings. The molecule has 0 amide bonds. The molecule has 0 radical (unpaired) electrons. The standard InChI is InChI=1S/C27H24N2O4S/c1-3-31-24-16-19(11-12-23(24)33-14-13-32-20-8-6-7-18(2)15-20)17-25-26(30)29-22-10-5-4-9-21(22)28-27(29)34-25/h4-12,15-17H,3,13-14H2,1-2H3. The number of nitrogens with zero attached hydrogens (tertiary/aromatic N) is 2. The Balaban J connectivity index is 1.36. The van der Waals surface area contributed by atoms with Gasteiger partial charge in [0, 0.05) is 0 Å². The number of fused-ring (bicyclic) bond motifs is 3. The molecule has 0 atom stereocenters. The second-order valence-electron chi connectivity index (χ2n) is 7.79. The molecular weight excluding hydrogens is 448 g/mol. The first-order valence-corrected chi connectivity index (χ1v) is 11.9. The van der Waals surface area contributed by atoms with Crippen molar-refractivity contribution in [3.05, 3.63) is 92.7 Å². The smallest absolute Gasteiger partial charge is 0.274 e. The van der Waals surface area contributed by atoms with Gasteiger partial charge < -0.3 is 14.2 Å². The zero-order chi connectivity index (χ0) is 23.5. The van der Waals surface area contributed by atoms with Crippen molar-refractivity contribution in [2.45, 2.75) is 13.8 Å². The minimum absolute atomic E-state index is 0.0692. The summed E-state index contributed by atoms with van der Waals surface area (Å²) < 4.78 is 19.8. The number of thiazole rings is 1. The largest absolute Gasteiger partial charge is 0.490 e. The fourth-order valence-electron chi connectivity index (χ4n) is 3.78. The number of benzene rings is 3. The Bertz CT molecular complexity index is 1570. The monoisotopic (exact) mass is 472 g/mol. The highest BCUT2D eigenvalue weighted by Gasteiger charge is 2.11. The van der Waals surface area contributed by atoms with Gasteiger partial charge in [-0.1, -0.05) is 41.7 Å². The van der Waals surface area contributed by atoms with Crippen molar-refractivity contribution in [1.82, 2.24) is 9.38 Å². The first-order chi connectivity index (χ1) is 16.6. The molecule has 6 nitrogen and oxygen atoms in total. The first kappa shape index (κ1) is 22.0. The van der Waals surface area contributed by atoms with Crippen LogP contribution in [-0.4, -0.2) is 29.2 Å². The average molecular weight is 473 g/mol. The highest BCUT2D eigenvalue weighted by molar-refractivity contribution is 7.15. The summed E-state index contributed by atoms with van der Waals surface area (Å²) in [5.74, 6) is 2.09. The number of aromatic nitrogens is 2. The first-order valence-electron chi connectivity index (χ1n) is 11.1. The number of hydrogen-bond donors (Lipinski definition) is 0. The molecule has 0 spiro atoms. The van der Waals surface area contributed by atoms with Crippen molar-refractivity contribution in [1.29, 1.82) is 0 Å². The summed E-state index contributed by atoms with van der Waals surface area (Å²) >= 11 is 1.38. The fourth-order valence-corrected chi connectivity index (χ4v) is 4.77. The molecule has 0 aliphatic carbocycles. The summed E-state index contributed by atoms with van der Waals surface area (Å²) in [4.78, 5) is 18.3. The van der Waals surface area contributed by atoms with Crippen LogP contribution >= 0.6 is 11.3 Å². The van der Waals surface area contributed by atoms with Crippen molar-refractivity contribution >= 4 is 33.4 Å². The Morgan fingerprint density at radius 3 is 2.65 bits per heavy atom. The van der Waals surface area contributed by atoms with Gasteiger partial charge in [-0.15, -0.1) is 0 Å². The van der Waals surface area contributed by atoms with E-state index in [0.29, 0.717) is 40.8 Å². The van der Waals surface area contributed by atoms with Gasteiger partial charge in [0.15, 0.2) is 16.5 Å². The average Bonchev–Trinajstić information content (AvgIpc) is 3.34. The maximum Gasteiger partial charge on any atom is 0.274 e. The minimum atomic E-state index is -0.0692. The van der Waals surface area contributed by atoms with Crippen molar-refractivity contribution in [3.63, 3.8) is 0 Å². The third kappa shape index (κ3) is 4.47. The fraction of sp³-hybridized carbons (Fsp3) is 0.185. The van der Waals surface area contributed by atoms with Crippen LogP contribution in [0.3, 0.4) is 0 Å². The lowest BCUT2D eigenvalue weighted by atomic mass is 10.2. The second-order valence-corrected chi connectivity index (χ2v) is 8.80. The number of imidazole rings is 1. The number of ether oxygens (including phenoxy) is 3. The molecule has 34 heavy (non-hydrogen) atoms. The molecule has 3 aromatic carbocycles. The van der Waals surface area contributed by atoms with Gasteiger partial charge in [-0.25, -0.2) is 9.38 Å². The predicted molar refractivity (Wildman–Crippen MR) is 135 cm³/mol. The molecule has 0 N–H and O–H groups in total. The van der Waals surface area contributed by atoms with Gasteiger partial charge in [0.2, 0.25) is 0 Å². The van der Waals surface area contributed by atoms with Crippen LogP contribution in [0.4, 0.5) is 0 Å². The highest BCUT2D eigenvalue weighted by atomic mass is 32.1. The van der Waals surface area contributed by atoms with E-state index in [0.717, 1.165) is 27.9 Å². The number of para-hydroxylation sites is 2. The Kier molecular flexibility index (Phi) is 6.18. The molecule has 7 heteroatoms. The quantitative estimate of drug-likeness (QED) is 0.308. The SMILES string of the molecule is CCOc1cc(C=c2sc3nc4ccccc4n3c2=O)ccc1OCCOc1cccc(C)c1. The molecule has 172 valence electrons. The maximum atomic E-state index is 13.0. The van der Waals surface area contributed by atoms with E-state index >= 15 is 0 Å². The summed E-state index contributed by atoms with van der Waals surface area (Å²) in [6.07, 6.45) is 1.86. The summed E-state index contributed by atoms with van der Waals surface area (Å²) in [6.45, 7) is 5.27. The van der Waals surface area contributed by atoms with E-state index in [-0.39, 0.29) is 5.56 Å². The van der Waals surface area contributed by atoms with Crippen molar-refractivity contribution < 1.29 is 14.2 Å². The van der Waals surface area contributed by atoms with E-state index in [2.05, 4.69) is 4.98 Å². The lowest BCUT2D eigenvalue weighted by Crippen LogP contribution is -2.22. The Morgan fingerprint density at radius 1 is 0.941 bits per heavy atom. The molecule has 5 aromatic rings. The molecule has 5 rings (SSSR count). The van der Waals surface area contributed by atoms with Gasteiger partial charge in [0.1, 0.15) is 19.0 Å². The van der Waals surface area contributed by atoms with Gasteiger partial charge in [-0.05, 0) is 67.4 Å². The predicted octanol–water partition coefficient (Wildman–Crippen LogP) is 4.62. The van der Waals surface area contributed by atoms with Crippen molar-refractivity contribution in [3.8, 4) is 17.2 Å². The van der Waals surface area contributed by atoms with Crippen molar-refractivity contribution in [2.75, 3.05) is 19.8 Å². The van der Waals surface area contributed by atoms with Crippen LogP contribution in [0, 0.1) is 6.92 Å².